The van der Waals surface area contributed by atoms with Gasteiger partial charge in [0.1, 0.15) is 4.88 Å². The van der Waals surface area contributed by atoms with Crippen molar-refractivity contribution in [2.45, 2.75) is 25.9 Å². The van der Waals surface area contributed by atoms with E-state index in [4.69, 9.17) is 0 Å². The molecule has 0 radical (unpaired) electrons. The van der Waals surface area contributed by atoms with Gasteiger partial charge in [-0.3, -0.25) is 4.79 Å². The highest BCUT2D eigenvalue weighted by molar-refractivity contribution is 7.12. The molecule has 1 atom stereocenters. The van der Waals surface area contributed by atoms with Crippen molar-refractivity contribution in [2.75, 3.05) is 6.54 Å². The van der Waals surface area contributed by atoms with Crippen molar-refractivity contribution in [2.24, 2.45) is 0 Å². The normalized spacial score (nSPS) is 14.1. The predicted molar refractivity (Wildman–Crippen MR) is 76.9 cm³/mol. The van der Waals surface area contributed by atoms with E-state index in [1.807, 2.05) is 47.5 Å². The third-order valence-corrected chi connectivity index (χ3v) is 4.03. The van der Waals surface area contributed by atoms with E-state index < -0.39 is 5.60 Å². The number of carbonyl (C=O) groups is 1. The highest BCUT2D eigenvalue weighted by Gasteiger charge is 2.20. The Kier molecular flexibility index (Phi) is 4.07. The molecule has 4 nitrogen and oxygen atoms in total. The fraction of sp³-hybridized carbons (Fsp3) is 0.357. The van der Waals surface area contributed by atoms with Gasteiger partial charge < -0.3 is 15.0 Å². The molecule has 0 aromatic carbocycles. The summed E-state index contributed by atoms with van der Waals surface area (Å²) < 4.78 is 1.91. The van der Waals surface area contributed by atoms with Gasteiger partial charge in [-0.1, -0.05) is 6.92 Å². The maximum atomic E-state index is 12.2. The summed E-state index contributed by atoms with van der Waals surface area (Å²) in [4.78, 5) is 12.8. The van der Waals surface area contributed by atoms with E-state index in [2.05, 4.69) is 5.32 Å². The number of aliphatic hydroxyl groups is 1. The van der Waals surface area contributed by atoms with Crippen LogP contribution in [0.2, 0.25) is 0 Å². The number of amides is 1. The fourth-order valence-corrected chi connectivity index (χ4v) is 2.45. The standard InChI is InChI=1S/C14H18N2O2S/c1-3-14(2,18)10-15-13(17)12-11(6-9-19-12)16-7-4-5-8-16/h4-9,18H,3,10H2,1-2H3,(H,15,17). The number of hydrogen-bond donors (Lipinski definition) is 2. The number of carbonyl (C=O) groups excluding carboxylic acids is 1. The van der Waals surface area contributed by atoms with Crippen molar-refractivity contribution >= 4 is 17.2 Å². The average molecular weight is 278 g/mol. The SMILES string of the molecule is CCC(C)(O)CNC(=O)c1sccc1-n1cccc1. The van der Waals surface area contributed by atoms with Crippen LogP contribution in [-0.4, -0.2) is 27.7 Å². The summed E-state index contributed by atoms with van der Waals surface area (Å²) in [5.74, 6) is -0.146. The molecule has 2 rings (SSSR count). The Labute approximate surface area is 116 Å². The van der Waals surface area contributed by atoms with Gasteiger partial charge in [0, 0.05) is 18.9 Å². The molecule has 0 saturated heterocycles. The highest BCUT2D eigenvalue weighted by Crippen LogP contribution is 2.21. The summed E-state index contributed by atoms with van der Waals surface area (Å²) in [5, 5.41) is 14.6. The van der Waals surface area contributed by atoms with Gasteiger partial charge >= 0.3 is 0 Å². The lowest BCUT2D eigenvalue weighted by Crippen LogP contribution is -2.40. The molecule has 2 N–H and O–H groups in total. The number of rotatable bonds is 5. The molecular formula is C14H18N2O2S. The second-order valence-electron chi connectivity index (χ2n) is 4.76. The third-order valence-electron chi connectivity index (χ3n) is 3.12. The van der Waals surface area contributed by atoms with Crippen LogP contribution < -0.4 is 5.32 Å². The second-order valence-corrected chi connectivity index (χ2v) is 5.67. The molecule has 2 heterocycles. The maximum absolute atomic E-state index is 12.2. The average Bonchev–Trinajstić information content (AvgIpc) is 3.05. The summed E-state index contributed by atoms with van der Waals surface area (Å²) in [6.45, 7) is 3.86. The van der Waals surface area contributed by atoms with Crippen LogP contribution in [0.15, 0.2) is 36.0 Å². The van der Waals surface area contributed by atoms with Crippen molar-refractivity contribution in [3.8, 4) is 5.69 Å². The Balaban J connectivity index is 2.11. The summed E-state index contributed by atoms with van der Waals surface area (Å²) in [5.41, 5.74) is 0.00390. The first-order chi connectivity index (χ1) is 9.03. The fourth-order valence-electron chi connectivity index (χ4n) is 1.65. The van der Waals surface area contributed by atoms with Crippen LogP contribution >= 0.6 is 11.3 Å². The predicted octanol–water partition coefficient (Wildman–Crippen LogP) is 2.43. The Bertz CT molecular complexity index is 544. The van der Waals surface area contributed by atoms with Gasteiger partial charge in [-0.2, -0.15) is 0 Å². The van der Waals surface area contributed by atoms with Crippen molar-refractivity contribution in [1.82, 2.24) is 9.88 Å². The van der Waals surface area contributed by atoms with Crippen molar-refractivity contribution in [1.29, 1.82) is 0 Å². The quantitative estimate of drug-likeness (QED) is 0.882. The Morgan fingerprint density at radius 3 is 2.79 bits per heavy atom. The molecule has 2 aromatic heterocycles. The van der Waals surface area contributed by atoms with E-state index in [9.17, 15) is 9.90 Å². The summed E-state index contributed by atoms with van der Waals surface area (Å²) in [7, 11) is 0. The van der Waals surface area contributed by atoms with Gasteiger partial charge in [-0.25, -0.2) is 0 Å². The lowest BCUT2D eigenvalue weighted by molar-refractivity contribution is 0.0519. The molecule has 0 aliphatic rings. The minimum atomic E-state index is -0.861. The molecule has 102 valence electrons. The smallest absolute Gasteiger partial charge is 0.263 e. The van der Waals surface area contributed by atoms with Crippen LogP contribution in [-0.2, 0) is 0 Å². The molecule has 0 saturated carbocycles. The first-order valence-corrected chi connectivity index (χ1v) is 7.13. The minimum Gasteiger partial charge on any atom is -0.388 e. The molecular weight excluding hydrogens is 260 g/mol. The van der Waals surface area contributed by atoms with Gasteiger partial charge in [0.15, 0.2) is 0 Å². The highest BCUT2D eigenvalue weighted by atomic mass is 32.1. The first-order valence-electron chi connectivity index (χ1n) is 6.25. The van der Waals surface area contributed by atoms with Crippen LogP contribution in [0.3, 0.4) is 0 Å². The number of nitrogens with one attached hydrogen (secondary N) is 1. The van der Waals surface area contributed by atoms with E-state index >= 15 is 0 Å². The summed E-state index contributed by atoms with van der Waals surface area (Å²) in [6.07, 6.45) is 4.41. The summed E-state index contributed by atoms with van der Waals surface area (Å²) >= 11 is 1.40. The molecule has 1 unspecified atom stereocenters. The van der Waals surface area contributed by atoms with E-state index in [1.165, 1.54) is 11.3 Å². The molecule has 0 bridgehead atoms. The van der Waals surface area contributed by atoms with Crippen LogP contribution in [0, 0.1) is 0 Å². The number of nitrogens with zero attached hydrogens (tertiary/aromatic N) is 1. The third kappa shape index (κ3) is 3.24. The second kappa shape index (κ2) is 5.59. The number of thiophene rings is 1. The molecule has 1 amide bonds. The van der Waals surface area contributed by atoms with Gasteiger partial charge in [0.2, 0.25) is 0 Å². The van der Waals surface area contributed by atoms with Gasteiger partial charge in [0.25, 0.3) is 5.91 Å². The molecule has 0 fully saturated rings. The van der Waals surface area contributed by atoms with Gasteiger partial charge in [-0.15, -0.1) is 11.3 Å². The van der Waals surface area contributed by atoms with Crippen molar-refractivity contribution < 1.29 is 9.90 Å². The Hall–Kier alpha value is -1.59. The zero-order chi connectivity index (χ0) is 13.9. The van der Waals surface area contributed by atoms with E-state index in [0.29, 0.717) is 11.3 Å². The van der Waals surface area contributed by atoms with E-state index in [-0.39, 0.29) is 12.5 Å². The van der Waals surface area contributed by atoms with Crippen molar-refractivity contribution in [3.63, 3.8) is 0 Å². The molecule has 5 heteroatoms. The molecule has 0 aliphatic heterocycles. The number of hydrogen-bond acceptors (Lipinski definition) is 3. The Morgan fingerprint density at radius 1 is 1.47 bits per heavy atom. The molecule has 0 spiro atoms. The zero-order valence-electron chi connectivity index (χ0n) is 11.1. The van der Waals surface area contributed by atoms with Crippen LogP contribution in [0.25, 0.3) is 5.69 Å². The maximum Gasteiger partial charge on any atom is 0.263 e. The van der Waals surface area contributed by atoms with Crippen LogP contribution in [0.1, 0.15) is 29.9 Å². The van der Waals surface area contributed by atoms with Crippen LogP contribution in [0.5, 0.6) is 0 Å². The van der Waals surface area contributed by atoms with E-state index in [1.54, 1.807) is 6.92 Å². The molecule has 0 aliphatic carbocycles. The molecule has 19 heavy (non-hydrogen) atoms. The lowest BCUT2D eigenvalue weighted by Gasteiger charge is -2.21. The van der Waals surface area contributed by atoms with Gasteiger partial charge in [0.05, 0.1) is 11.3 Å². The zero-order valence-corrected chi connectivity index (χ0v) is 11.9. The lowest BCUT2D eigenvalue weighted by atomic mass is 10.0. The first kappa shape index (κ1) is 13.8. The number of aromatic nitrogens is 1. The Morgan fingerprint density at radius 2 is 2.16 bits per heavy atom. The largest absolute Gasteiger partial charge is 0.388 e. The topological polar surface area (TPSA) is 54.3 Å². The monoisotopic (exact) mass is 278 g/mol. The van der Waals surface area contributed by atoms with Crippen LogP contribution in [0.4, 0.5) is 0 Å². The van der Waals surface area contributed by atoms with E-state index in [0.717, 1.165) is 5.69 Å². The minimum absolute atomic E-state index is 0.146. The summed E-state index contributed by atoms with van der Waals surface area (Å²) in [6, 6.07) is 5.75. The van der Waals surface area contributed by atoms with Gasteiger partial charge in [-0.05, 0) is 36.9 Å². The molecule has 2 aromatic rings. The van der Waals surface area contributed by atoms with Crippen molar-refractivity contribution in [3.05, 3.63) is 40.8 Å².